The van der Waals surface area contributed by atoms with Gasteiger partial charge in [-0.25, -0.2) is 13.2 Å². The fraction of sp³-hybridized carbons (Fsp3) is 0.440. The molecule has 1 atom stereocenters. The molecule has 0 radical (unpaired) electrons. The molecule has 0 heterocycles. The van der Waals surface area contributed by atoms with Gasteiger partial charge in [0, 0.05) is 18.2 Å². The van der Waals surface area contributed by atoms with Crippen molar-refractivity contribution in [1.29, 1.82) is 0 Å². The highest BCUT2D eigenvalue weighted by atomic mass is 19.2. The van der Waals surface area contributed by atoms with E-state index in [2.05, 4.69) is 10.6 Å². The van der Waals surface area contributed by atoms with Crippen molar-refractivity contribution in [3.05, 3.63) is 59.9 Å². The van der Waals surface area contributed by atoms with E-state index in [1.54, 1.807) is 0 Å². The normalized spacial score (nSPS) is 15.7. The van der Waals surface area contributed by atoms with E-state index >= 15 is 0 Å². The van der Waals surface area contributed by atoms with Gasteiger partial charge in [0.05, 0.1) is 6.10 Å². The SMILES string of the molecule is O=C(COc1ccc(F)c(F)c1)NC[C@@H](O)CC1(NC(=O)COc2ccc(F)cc2)CCCCC1. The molecule has 35 heavy (non-hydrogen) atoms. The second-order valence-electron chi connectivity index (χ2n) is 8.66. The summed E-state index contributed by atoms with van der Waals surface area (Å²) in [6, 6.07) is 8.29. The third-order valence-corrected chi connectivity index (χ3v) is 5.82. The zero-order valence-corrected chi connectivity index (χ0v) is 19.2. The molecule has 10 heteroatoms. The van der Waals surface area contributed by atoms with Gasteiger partial charge in [-0.2, -0.15) is 0 Å². The van der Waals surface area contributed by atoms with Crippen LogP contribution in [0.3, 0.4) is 0 Å². The van der Waals surface area contributed by atoms with Crippen LogP contribution in [-0.2, 0) is 9.59 Å². The molecule has 0 unspecified atom stereocenters. The molecule has 3 rings (SSSR count). The van der Waals surface area contributed by atoms with Gasteiger partial charge < -0.3 is 25.2 Å². The first-order valence-electron chi connectivity index (χ1n) is 11.5. The zero-order valence-electron chi connectivity index (χ0n) is 19.2. The summed E-state index contributed by atoms with van der Waals surface area (Å²) in [5, 5.41) is 16.1. The van der Waals surface area contributed by atoms with Crippen molar-refractivity contribution < 1.29 is 37.3 Å². The van der Waals surface area contributed by atoms with E-state index in [1.807, 2.05) is 0 Å². The number of halogens is 3. The lowest BCUT2D eigenvalue weighted by Gasteiger charge is -2.39. The van der Waals surface area contributed by atoms with Crippen LogP contribution in [0, 0.1) is 17.5 Å². The number of rotatable bonds is 11. The first-order chi connectivity index (χ1) is 16.7. The summed E-state index contributed by atoms with van der Waals surface area (Å²) < 4.78 is 49.7. The fourth-order valence-corrected chi connectivity index (χ4v) is 4.14. The highest BCUT2D eigenvalue weighted by Gasteiger charge is 2.35. The van der Waals surface area contributed by atoms with Crippen molar-refractivity contribution in [2.75, 3.05) is 19.8 Å². The molecular weight excluding hydrogens is 465 g/mol. The number of hydrogen-bond donors (Lipinski definition) is 3. The minimum absolute atomic E-state index is 0.00586. The van der Waals surface area contributed by atoms with E-state index in [0.717, 1.165) is 31.4 Å². The monoisotopic (exact) mass is 494 g/mol. The molecule has 1 aliphatic rings. The number of ether oxygens (including phenoxy) is 2. The Morgan fingerprint density at radius 1 is 0.886 bits per heavy atom. The summed E-state index contributed by atoms with van der Waals surface area (Å²) in [4.78, 5) is 24.6. The fourth-order valence-electron chi connectivity index (χ4n) is 4.14. The van der Waals surface area contributed by atoms with Crippen molar-refractivity contribution in [2.24, 2.45) is 0 Å². The van der Waals surface area contributed by atoms with Gasteiger partial charge in [0.2, 0.25) is 0 Å². The van der Waals surface area contributed by atoms with Crippen LogP contribution in [0.15, 0.2) is 42.5 Å². The molecule has 2 aromatic rings. The Morgan fingerprint density at radius 2 is 1.51 bits per heavy atom. The van der Waals surface area contributed by atoms with Gasteiger partial charge in [-0.3, -0.25) is 9.59 Å². The standard InChI is InChI=1S/C25H29F3N2O5/c26-17-4-6-19(7-5-17)34-16-24(33)30-25(10-2-1-3-11-25)13-18(31)14-29-23(32)15-35-20-8-9-21(27)22(28)12-20/h4-9,12,18,31H,1-3,10-11,13-16H2,(H,29,32)(H,30,33)/t18-/m0/s1. The van der Waals surface area contributed by atoms with Crippen molar-refractivity contribution in [2.45, 2.75) is 50.2 Å². The lowest BCUT2D eigenvalue weighted by atomic mass is 9.77. The van der Waals surface area contributed by atoms with E-state index in [-0.39, 0.29) is 31.2 Å². The molecule has 0 aliphatic heterocycles. The van der Waals surface area contributed by atoms with Crippen LogP contribution in [0.1, 0.15) is 38.5 Å². The second-order valence-corrected chi connectivity index (χ2v) is 8.66. The summed E-state index contributed by atoms with van der Waals surface area (Å²) in [7, 11) is 0. The highest BCUT2D eigenvalue weighted by Crippen LogP contribution is 2.32. The molecule has 1 fully saturated rings. The number of benzene rings is 2. The average molecular weight is 495 g/mol. The third kappa shape index (κ3) is 8.47. The Kier molecular flexibility index (Phi) is 9.36. The number of carbonyl (C=O) groups is 2. The molecule has 190 valence electrons. The van der Waals surface area contributed by atoms with Crippen LogP contribution in [0.4, 0.5) is 13.2 Å². The van der Waals surface area contributed by atoms with Crippen LogP contribution < -0.4 is 20.1 Å². The molecule has 2 amide bonds. The molecule has 0 saturated heterocycles. The van der Waals surface area contributed by atoms with Crippen molar-refractivity contribution in [3.8, 4) is 11.5 Å². The lowest BCUT2D eigenvalue weighted by molar-refractivity contribution is -0.126. The topological polar surface area (TPSA) is 96.9 Å². The number of aliphatic hydroxyl groups is 1. The summed E-state index contributed by atoms with van der Waals surface area (Å²) in [5.41, 5.74) is -0.631. The van der Waals surface area contributed by atoms with Crippen LogP contribution in [-0.4, -0.2) is 48.3 Å². The summed E-state index contributed by atoms with van der Waals surface area (Å²) in [6.45, 7) is -0.744. The van der Waals surface area contributed by atoms with E-state index < -0.39 is 41.6 Å². The summed E-state index contributed by atoms with van der Waals surface area (Å²) in [6.07, 6.45) is 3.47. The lowest BCUT2D eigenvalue weighted by Crippen LogP contribution is -2.54. The minimum atomic E-state index is -1.08. The number of aliphatic hydroxyl groups excluding tert-OH is 1. The maximum atomic E-state index is 13.2. The van der Waals surface area contributed by atoms with Gasteiger partial charge in [-0.05, 0) is 55.7 Å². The first-order valence-corrected chi connectivity index (χ1v) is 11.5. The molecular formula is C25H29F3N2O5. The molecule has 0 aromatic heterocycles. The Balaban J connectivity index is 1.45. The Hall–Kier alpha value is -3.27. The molecule has 7 nitrogen and oxygen atoms in total. The number of hydrogen-bond acceptors (Lipinski definition) is 5. The van der Waals surface area contributed by atoms with Gasteiger partial charge in [0.1, 0.15) is 17.3 Å². The van der Waals surface area contributed by atoms with Gasteiger partial charge in [-0.15, -0.1) is 0 Å². The van der Waals surface area contributed by atoms with E-state index in [9.17, 15) is 27.9 Å². The zero-order chi connectivity index (χ0) is 25.3. The highest BCUT2D eigenvalue weighted by molar-refractivity contribution is 5.78. The van der Waals surface area contributed by atoms with E-state index in [0.29, 0.717) is 18.6 Å². The first kappa shape index (κ1) is 26.3. The number of carbonyl (C=O) groups excluding carboxylic acids is 2. The predicted octanol–water partition coefficient (Wildman–Crippen LogP) is 3.25. The molecule has 1 saturated carbocycles. The number of nitrogens with one attached hydrogen (secondary N) is 2. The van der Waals surface area contributed by atoms with Crippen LogP contribution in [0.25, 0.3) is 0 Å². The average Bonchev–Trinajstić information content (AvgIpc) is 2.83. The second kappa shape index (κ2) is 12.4. The van der Waals surface area contributed by atoms with Crippen molar-refractivity contribution in [3.63, 3.8) is 0 Å². The van der Waals surface area contributed by atoms with Crippen LogP contribution in [0.5, 0.6) is 11.5 Å². The van der Waals surface area contributed by atoms with Gasteiger partial charge in [0.15, 0.2) is 24.8 Å². The maximum absolute atomic E-state index is 13.2. The minimum Gasteiger partial charge on any atom is -0.484 e. The molecule has 3 N–H and O–H groups in total. The molecule has 0 bridgehead atoms. The summed E-state index contributed by atoms with van der Waals surface area (Å²) in [5.74, 6) is -3.02. The van der Waals surface area contributed by atoms with Crippen molar-refractivity contribution in [1.82, 2.24) is 10.6 Å². The van der Waals surface area contributed by atoms with Crippen molar-refractivity contribution >= 4 is 11.8 Å². The maximum Gasteiger partial charge on any atom is 0.258 e. The Bertz CT molecular complexity index is 997. The van der Waals surface area contributed by atoms with Gasteiger partial charge in [-0.1, -0.05) is 19.3 Å². The Morgan fingerprint density at radius 3 is 2.20 bits per heavy atom. The quantitative estimate of drug-likeness (QED) is 0.446. The van der Waals surface area contributed by atoms with Gasteiger partial charge in [0.25, 0.3) is 11.8 Å². The van der Waals surface area contributed by atoms with Crippen LogP contribution >= 0.6 is 0 Å². The molecule has 0 spiro atoms. The van der Waals surface area contributed by atoms with Gasteiger partial charge >= 0.3 is 0 Å². The Labute approximate surface area is 201 Å². The summed E-state index contributed by atoms with van der Waals surface area (Å²) >= 11 is 0. The molecule has 2 aromatic carbocycles. The van der Waals surface area contributed by atoms with Crippen LogP contribution in [0.2, 0.25) is 0 Å². The largest absolute Gasteiger partial charge is 0.484 e. The van der Waals surface area contributed by atoms with E-state index in [4.69, 9.17) is 9.47 Å². The molecule has 1 aliphatic carbocycles. The van der Waals surface area contributed by atoms with E-state index in [1.165, 1.54) is 30.3 Å². The predicted molar refractivity (Wildman–Crippen MR) is 121 cm³/mol. The third-order valence-electron chi connectivity index (χ3n) is 5.82. The smallest absolute Gasteiger partial charge is 0.258 e. The number of amides is 2.